The molecule has 0 spiro atoms. The van der Waals surface area contributed by atoms with Crippen LogP contribution in [-0.4, -0.2) is 31.0 Å². The standard InChI is InChI=1S/C24H34N4O3S/c1-16(2)12-18-15-31-22-14-21(20-10-5-6-11-24(20,3)4)26-23(27-22)28-32(29,30)19-9-7-8-17(13-19)25-18/h7-9,13-14,16,18,20,25H,5-6,10-12,15H2,1-4H3,(H,26,27,28)/t18-,20?/m1/s1. The molecule has 2 heterocycles. The first-order chi connectivity index (χ1) is 15.1. The van der Waals surface area contributed by atoms with E-state index < -0.39 is 10.0 Å². The van der Waals surface area contributed by atoms with Gasteiger partial charge in [-0.2, -0.15) is 4.98 Å². The lowest BCUT2D eigenvalue weighted by Crippen LogP contribution is -2.30. The van der Waals surface area contributed by atoms with E-state index in [1.54, 1.807) is 18.2 Å². The van der Waals surface area contributed by atoms with E-state index in [9.17, 15) is 8.42 Å². The van der Waals surface area contributed by atoms with Gasteiger partial charge in [-0.3, -0.25) is 0 Å². The summed E-state index contributed by atoms with van der Waals surface area (Å²) in [6.07, 6.45) is 5.37. The Bertz CT molecular complexity index is 1070. The number of hydrogen-bond acceptors (Lipinski definition) is 6. The van der Waals surface area contributed by atoms with E-state index in [2.05, 4.69) is 47.7 Å². The molecule has 8 heteroatoms. The van der Waals surface area contributed by atoms with Gasteiger partial charge in [0, 0.05) is 17.7 Å². The summed E-state index contributed by atoms with van der Waals surface area (Å²) in [5, 5.41) is 3.44. The Balaban J connectivity index is 1.77. The van der Waals surface area contributed by atoms with Crippen LogP contribution in [0.2, 0.25) is 0 Å². The van der Waals surface area contributed by atoms with Crippen LogP contribution in [0.1, 0.15) is 71.4 Å². The van der Waals surface area contributed by atoms with Gasteiger partial charge < -0.3 is 10.1 Å². The van der Waals surface area contributed by atoms with E-state index in [0.29, 0.717) is 18.4 Å². The normalized spacial score (nSPS) is 24.3. The van der Waals surface area contributed by atoms with Crippen molar-refractivity contribution in [2.75, 3.05) is 16.6 Å². The molecule has 1 fully saturated rings. The number of anilines is 2. The summed E-state index contributed by atoms with van der Waals surface area (Å²) in [7, 11) is -3.83. The van der Waals surface area contributed by atoms with E-state index in [4.69, 9.17) is 4.74 Å². The second-order valence-electron chi connectivity index (χ2n) is 10.2. The number of nitrogens with zero attached hydrogens (tertiary/aromatic N) is 2. The SMILES string of the molecule is CC(C)C[C@@H]1COc2cc(C3CCCCC3(C)C)nc(n2)NS(=O)(=O)c2cccc(c2)N1. The number of ether oxygens (including phenoxy) is 1. The molecule has 2 aliphatic rings. The second-order valence-corrected chi connectivity index (χ2v) is 11.8. The molecular formula is C24H34N4O3S. The van der Waals surface area contributed by atoms with Crippen LogP contribution in [0.4, 0.5) is 11.6 Å². The predicted octanol–water partition coefficient (Wildman–Crippen LogP) is 5.18. The molecule has 1 aromatic carbocycles. The zero-order valence-corrected chi connectivity index (χ0v) is 20.2. The number of fused-ring (bicyclic) bond motifs is 4. The molecule has 1 unspecified atom stereocenters. The Morgan fingerprint density at radius 1 is 1.19 bits per heavy atom. The predicted molar refractivity (Wildman–Crippen MR) is 127 cm³/mol. The van der Waals surface area contributed by atoms with E-state index in [-0.39, 0.29) is 28.2 Å². The molecule has 2 atom stereocenters. The van der Waals surface area contributed by atoms with Gasteiger partial charge in [0.15, 0.2) is 0 Å². The molecule has 2 aromatic rings. The van der Waals surface area contributed by atoms with Crippen LogP contribution < -0.4 is 14.8 Å². The molecule has 7 nitrogen and oxygen atoms in total. The van der Waals surface area contributed by atoms with E-state index in [1.165, 1.54) is 6.42 Å². The molecule has 32 heavy (non-hydrogen) atoms. The number of rotatable bonds is 3. The highest BCUT2D eigenvalue weighted by molar-refractivity contribution is 7.92. The molecule has 1 aliphatic heterocycles. The number of aromatic nitrogens is 2. The van der Waals surface area contributed by atoms with Crippen molar-refractivity contribution in [3.05, 3.63) is 36.0 Å². The molecular weight excluding hydrogens is 424 g/mol. The Morgan fingerprint density at radius 3 is 2.75 bits per heavy atom. The molecule has 0 amide bonds. The zero-order chi connectivity index (χ0) is 22.9. The summed E-state index contributed by atoms with van der Waals surface area (Å²) >= 11 is 0. The van der Waals surface area contributed by atoms with Crippen LogP contribution in [-0.2, 0) is 10.0 Å². The fourth-order valence-corrected chi connectivity index (χ4v) is 5.86. The van der Waals surface area contributed by atoms with Gasteiger partial charge in [0.1, 0.15) is 6.61 Å². The van der Waals surface area contributed by atoms with Crippen LogP contribution in [0, 0.1) is 11.3 Å². The van der Waals surface area contributed by atoms with Gasteiger partial charge in [0.2, 0.25) is 11.8 Å². The third kappa shape index (κ3) is 5.17. The average Bonchev–Trinajstić information content (AvgIpc) is 2.70. The molecule has 174 valence electrons. The van der Waals surface area contributed by atoms with Gasteiger partial charge >= 0.3 is 0 Å². The lowest BCUT2D eigenvalue weighted by molar-refractivity contribution is 0.195. The van der Waals surface area contributed by atoms with E-state index in [1.807, 2.05) is 12.1 Å². The maximum Gasteiger partial charge on any atom is 0.264 e. The first-order valence-corrected chi connectivity index (χ1v) is 13.0. The summed E-state index contributed by atoms with van der Waals surface area (Å²) in [5.41, 5.74) is 1.68. The van der Waals surface area contributed by atoms with Crippen molar-refractivity contribution in [3.8, 4) is 5.88 Å². The van der Waals surface area contributed by atoms with E-state index in [0.717, 1.165) is 37.1 Å². The number of sulfonamides is 1. The average molecular weight is 459 g/mol. The van der Waals surface area contributed by atoms with Crippen molar-refractivity contribution in [3.63, 3.8) is 0 Å². The van der Waals surface area contributed by atoms with Gasteiger partial charge in [-0.25, -0.2) is 18.1 Å². The minimum absolute atomic E-state index is 0.0216. The van der Waals surface area contributed by atoms with Crippen LogP contribution in [0.3, 0.4) is 0 Å². The number of hydrogen-bond donors (Lipinski definition) is 2. The molecule has 4 bridgehead atoms. The Kier molecular flexibility index (Phi) is 6.34. The monoisotopic (exact) mass is 458 g/mol. The second kappa shape index (κ2) is 8.89. The van der Waals surface area contributed by atoms with Crippen molar-refractivity contribution in [1.82, 2.24) is 9.97 Å². The molecule has 1 aromatic heterocycles. The Labute approximate surface area is 191 Å². The summed E-state index contributed by atoms with van der Waals surface area (Å²) < 4.78 is 34.9. The molecule has 0 saturated heterocycles. The zero-order valence-electron chi connectivity index (χ0n) is 19.4. The van der Waals surface area contributed by atoms with E-state index >= 15 is 0 Å². The first kappa shape index (κ1) is 22.8. The first-order valence-electron chi connectivity index (χ1n) is 11.5. The van der Waals surface area contributed by atoms with Gasteiger partial charge in [-0.1, -0.05) is 46.6 Å². The lowest BCUT2D eigenvalue weighted by atomic mass is 9.67. The maximum atomic E-state index is 13.1. The summed E-state index contributed by atoms with van der Waals surface area (Å²) in [6.45, 7) is 9.27. The van der Waals surface area contributed by atoms with Crippen molar-refractivity contribution < 1.29 is 13.2 Å². The van der Waals surface area contributed by atoms with Crippen molar-refractivity contribution in [1.29, 1.82) is 0 Å². The number of nitrogens with one attached hydrogen (secondary N) is 2. The quantitative estimate of drug-likeness (QED) is 0.658. The highest BCUT2D eigenvalue weighted by Gasteiger charge is 2.35. The van der Waals surface area contributed by atoms with Crippen molar-refractivity contribution in [2.45, 2.75) is 76.7 Å². The third-order valence-electron chi connectivity index (χ3n) is 6.52. The fraction of sp³-hybridized carbons (Fsp3) is 0.583. The highest BCUT2D eigenvalue weighted by Crippen LogP contribution is 2.46. The topological polar surface area (TPSA) is 93.2 Å². The lowest BCUT2D eigenvalue weighted by Gasteiger charge is -2.38. The summed E-state index contributed by atoms with van der Waals surface area (Å²) in [4.78, 5) is 9.24. The smallest absolute Gasteiger partial charge is 0.264 e. The van der Waals surface area contributed by atoms with Gasteiger partial charge in [-0.15, -0.1) is 0 Å². The van der Waals surface area contributed by atoms with Crippen LogP contribution in [0.15, 0.2) is 35.2 Å². The Morgan fingerprint density at radius 2 is 2.00 bits per heavy atom. The van der Waals surface area contributed by atoms with Gasteiger partial charge in [0.05, 0.1) is 16.6 Å². The summed E-state index contributed by atoms with van der Waals surface area (Å²) in [6, 6.07) is 8.76. The molecule has 1 saturated carbocycles. The molecule has 1 aliphatic carbocycles. The largest absolute Gasteiger partial charge is 0.475 e. The number of benzene rings is 1. The van der Waals surface area contributed by atoms with Crippen LogP contribution in [0.5, 0.6) is 5.88 Å². The van der Waals surface area contributed by atoms with Crippen molar-refractivity contribution >= 4 is 21.7 Å². The molecule has 0 radical (unpaired) electrons. The molecule has 4 rings (SSSR count). The Hall–Kier alpha value is -2.35. The van der Waals surface area contributed by atoms with Gasteiger partial charge in [-0.05, 0) is 48.8 Å². The van der Waals surface area contributed by atoms with Crippen LogP contribution in [0.25, 0.3) is 0 Å². The fourth-order valence-electron chi connectivity index (χ4n) is 4.87. The summed E-state index contributed by atoms with van der Waals surface area (Å²) in [5.74, 6) is 1.16. The minimum Gasteiger partial charge on any atom is -0.475 e. The van der Waals surface area contributed by atoms with Gasteiger partial charge in [0.25, 0.3) is 10.0 Å². The maximum absolute atomic E-state index is 13.1. The highest BCUT2D eigenvalue weighted by atomic mass is 32.2. The minimum atomic E-state index is -3.83. The molecule has 2 N–H and O–H groups in total. The van der Waals surface area contributed by atoms with Crippen molar-refractivity contribution in [2.24, 2.45) is 11.3 Å². The third-order valence-corrected chi connectivity index (χ3v) is 7.84. The van der Waals surface area contributed by atoms with Crippen LogP contribution >= 0.6 is 0 Å².